The molecule has 0 aliphatic heterocycles. The first-order valence-corrected chi connectivity index (χ1v) is 19.5. The van der Waals surface area contributed by atoms with Gasteiger partial charge in [-0.2, -0.15) is 0 Å². The summed E-state index contributed by atoms with van der Waals surface area (Å²) in [4.78, 5) is 2.39. The molecule has 0 N–H and O–H groups in total. The quantitative estimate of drug-likeness (QED) is 0.170. The van der Waals surface area contributed by atoms with Crippen LogP contribution in [0.1, 0.15) is 0 Å². The smallest absolute Gasteiger partial charge is 0.143 e. The van der Waals surface area contributed by atoms with Gasteiger partial charge in [0.05, 0.1) is 5.69 Å². The zero-order valence-electron chi connectivity index (χ0n) is 29.8. The third-order valence-electron chi connectivity index (χ3n) is 10.9. The Labute approximate surface area is 322 Å². The molecule has 0 saturated heterocycles. The van der Waals surface area contributed by atoms with Crippen molar-refractivity contribution < 1.29 is 4.42 Å². The molecule has 0 bridgehead atoms. The highest BCUT2D eigenvalue weighted by atomic mass is 32.1. The summed E-state index contributed by atoms with van der Waals surface area (Å²) in [7, 11) is 0. The fourth-order valence-corrected chi connectivity index (χ4v) is 9.27. The van der Waals surface area contributed by atoms with Crippen LogP contribution in [0.3, 0.4) is 0 Å². The number of thiophene rings is 1. The van der Waals surface area contributed by atoms with Crippen molar-refractivity contribution in [2.24, 2.45) is 0 Å². The first kappa shape index (κ1) is 31.6. The topological polar surface area (TPSA) is 16.4 Å². The highest BCUT2D eigenvalue weighted by molar-refractivity contribution is 7.25. The summed E-state index contributed by atoms with van der Waals surface area (Å²) in [6.07, 6.45) is 0. The lowest BCUT2D eigenvalue weighted by Crippen LogP contribution is -2.11. The minimum absolute atomic E-state index is 0.895. The lowest BCUT2D eigenvalue weighted by molar-refractivity contribution is 0.670. The summed E-state index contributed by atoms with van der Waals surface area (Å²) in [5.41, 5.74) is 11.9. The van der Waals surface area contributed by atoms with E-state index in [-0.39, 0.29) is 0 Å². The molecule has 11 aromatic rings. The third-order valence-corrected chi connectivity index (χ3v) is 12.0. The van der Waals surface area contributed by atoms with Gasteiger partial charge in [0.25, 0.3) is 0 Å². The number of benzene rings is 9. The van der Waals surface area contributed by atoms with Gasteiger partial charge in [-0.1, -0.05) is 140 Å². The van der Waals surface area contributed by atoms with Crippen molar-refractivity contribution in [3.05, 3.63) is 200 Å². The van der Waals surface area contributed by atoms with Gasteiger partial charge < -0.3 is 9.32 Å². The van der Waals surface area contributed by atoms with Crippen molar-refractivity contribution in [2.45, 2.75) is 0 Å². The maximum Gasteiger partial charge on any atom is 0.143 e. The molecule has 2 aromatic heterocycles. The minimum Gasteiger partial charge on any atom is -0.455 e. The van der Waals surface area contributed by atoms with E-state index in [0.717, 1.165) is 50.1 Å². The summed E-state index contributed by atoms with van der Waals surface area (Å²) in [6.45, 7) is 0. The SMILES string of the molecule is c1cc(-c2ccc3sc4ccccc4c3c2)cc(N(c2ccc(-c3ccc4ccccc4c3)cc2)c2ccccc2-c2cccc3c2oc2ccccc23)c1. The Kier molecular flexibility index (Phi) is 7.39. The maximum atomic E-state index is 6.60. The molecule has 2 nitrogen and oxygen atoms in total. The van der Waals surface area contributed by atoms with E-state index >= 15 is 0 Å². The molecule has 55 heavy (non-hydrogen) atoms. The van der Waals surface area contributed by atoms with Crippen LogP contribution in [-0.4, -0.2) is 0 Å². The molecule has 0 unspecified atom stereocenters. The molecule has 9 aromatic carbocycles. The molecule has 0 spiro atoms. The van der Waals surface area contributed by atoms with Gasteiger partial charge in [0.15, 0.2) is 0 Å². The normalized spacial score (nSPS) is 11.6. The number of nitrogens with zero attached hydrogens (tertiary/aromatic N) is 1. The molecule has 0 saturated carbocycles. The van der Waals surface area contributed by atoms with Crippen LogP contribution in [0.5, 0.6) is 0 Å². The number of anilines is 3. The lowest BCUT2D eigenvalue weighted by Gasteiger charge is -2.28. The molecule has 0 aliphatic carbocycles. The molecule has 0 radical (unpaired) electrons. The summed E-state index contributed by atoms with van der Waals surface area (Å²) >= 11 is 1.85. The van der Waals surface area contributed by atoms with E-state index < -0.39 is 0 Å². The molecule has 0 fully saturated rings. The van der Waals surface area contributed by atoms with Crippen LogP contribution in [0.2, 0.25) is 0 Å². The summed E-state index contributed by atoms with van der Waals surface area (Å²) < 4.78 is 9.22. The Balaban J connectivity index is 1.08. The Morgan fingerprint density at radius 1 is 0.364 bits per heavy atom. The van der Waals surface area contributed by atoms with Crippen molar-refractivity contribution in [1.29, 1.82) is 0 Å². The van der Waals surface area contributed by atoms with E-state index in [9.17, 15) is 0 Å². The van der Waals surface area contributed by atoms with Gasteiger partial charge in [0, 0.05) is 53.4 Å². The zero-order valence-corrected chi connectivity index (χ0v) is 30.6. The monoisotopic (exact) mass is 719 g/mol. The van der Waals surface area contributed by atoms with E-state index in [0.29, 0.717) is 0 Å². The summed E-state index contributed by atoms with van der Waals surface area (Å²) in [5, 5.41) is 7.34. The Bertz CT molecular complexity index is 3220. The van der Waals surface area contributed by atoms with Gasteiger partial charge in [0.2, 0.25) is 0 Å². The maximum absolute atomic E-state index is 6.60. The molecule has 258 valence electrons. The number of rotatable bonds is 6. The van der Waals surface area contributed by atoms with Crippen LogP contribution >= 0.6 is 11.3 Å². The van der Waals surface area contributed by atoms with Crippen molar-refractivity contribution in [3.8, 4) is 33.4 Å². The van der Waals surface area contributed by atoms with Gasteiger partial charge in [-0.15, -0.1) is 11.3 Å². The van der Waals surface area contributed by atoms with Gasteiger partial charge >= 0.3 is 0 Å². The van der Waals surface area contributed by atoms with Crippen molar-refractivity contribution in [3.63, 3.8) is 0 Å². The number of hydrogen-bond donors (Lipinski definition) is 0. The van der Waals surface area contributed by atoms with Crippen molar-refractivity contribution in [2.75, 3.05) is 4.90 Å². The van der Waals surface area contributed by atoms with Crippen LogP contribution in [-0.2, 0) is 0 Å². The largest absolute Gasteiger partial charge is 0.455 e. The summed E-state index contributed by atoms with van der Waals surface area (Å²) in [5.74, 6) is 0. The van der Waals surface area contributed by atoms with Crippen LogP contribution in [0, 0.1) is 0 Å². The average molecular weight is 720 g/mol. The number of furan rings is 1. The number of fused-ring (bicyclic) bond motifs is 7. The van der Waals surface area contributed by atoms with Gasteiger partial charge in [-0.3, -0.25) is 0 Å². The van der Waals surface area contributed by atoms with Crippen LogP contribution < -0.4 is 4.90 Å². The Morgan fingerprint density at radius 2 is 1.02 bits per heavy atom. The number of hydrogen-bond acceptors (Lipinski definition) is 3. The van der Waals surface area contributed by atoms with E-state index in [1.165, 1.54) is 53.2 Å². The predicted octanol–water partition coefficient (Wildman–Crippen LogP) is 15.6. The highest BCUT2D eigenvalue weighted by Gasteiger charge is 2.21. The fourth-order valence-electron chi connectivity index (χ4n) is 8.18. The van der Waals surface area contributed by atoms with E-state index in [2.05, 4.69) is 199 Å². The van der Waals surface area contributed by atoms with Crippen molar-refractivity contribution in [1.82, 2.24) is 0 Å². The molecule has 0 amide bonds. The molecule has 2 heterocycles. The molecule has 0 atom stereocenters. The Morgan fingerprint density at radius 3 is 1.95 bits per heavy atom. The molecular weight excluding hydrogens is 687 g/mol. The summed E-state index contributed by atoms with van der Waals surface area (Å²) in [6, 6.07) is 72.3. The molecule has 11 rings (SSSR count). The predicted molar refractivity (Wildman–Crippen MR) is 235 cm³/mol. The van der Waals surface area contributed by atoms with E-state index in [1.54, 1.807) is 0 Å². The second kappa shape index (κ2) is 12.9. The second-order valence-corrected chi connectivity index (χ2v) is 15.2. The molecule has 0 aliphatic rings. The second-order valence-electron chi connectivity index (χ2n) is 14.1. The Hall–Kier alpha value is -6.94. The molecule has 3 heteroatoms. The van der Waals surface area contributed by atoms with E-state index in [4.69, 9.17) is 4.42 Å². The van der Waals surface area contributed by atoms with Gasteiger partial charge in [-0.25, -0.2) is 0 Å². The third kappa shape index (κ3) is 5.40. The van der Waals surface area contributed by atoms with Crippen LogP contribution in [0.4, 0.5) is 17.1 Å². The highest BCUT2D eigenvalue weighted by Crippen LogP contribution is 2.45. The van der Waals surface area contributed by atoms with Gasteiger partial charge in [-0.05, 0) is 93.7 Å². The lowest BCUT2D eigenvalue weighted by atomic mass is 9.98. The van der Waals surface area contributed by atoms with Crippen LogP contribution in [0.15, 0.2) is 205 Å². The fraction of sp³-hybridized carbons (Fsp3) is 0. The van der Waals surface area contributed by atoms with E-state index in [1.807, 2.05) is 17.4 Å². The van der Waals surface area contributed by atoms with Crippen LogP contribution in [0.25, 0.3) is 86.3 Å². The van der Waals surface area contributed by atoms with Gasteiger partial charge in [0.1, 0.15) is 11.2 Å². The average Bonchev–Trinajstić information content (AvgIpc) is 3.83. The minimum atomic E-state index is 0.895. The molecular formula is C52H33NOS. The first-order chi connectivity index (χ1) is 27.2. The van der Waals surface area contributed by atoms with Crippen molar-refractivity contribution >= 4 is 81.3 Å². The zero-order chi connectivity index (χ0) is 36.3. The first-order valence-electron chi connectivity index (χ1n) is 18.7. The standard InChI is InChI=1S/C52H33NOS/c1-2-12-36-31-38(24-23-34(36)11-1)35-25-28-40(29-26-35)53(41-14-9-13-37(32-41)39-27-30-51-47(33-39)44-17-5-8-22-50(44)55-51)48-20-6-3-15-42(48)45-18-10-19-46-43-16-4-7-21-49(43)54-52(45)46/h1-33H. The number of para-hydroxylation sites is 3.